The summed E-state index contributed by atoms with van der Waals surface area (Å²) in [6.07, 6.45) is 1.63. The van der Waals surface area contributed by atoms with Gasteiger partial charge in [0.15, 0.2) is 0 Å². The molecule has 0 aromatic rings. The van der Waals surface area contributed by atoms with E-state index in [1.165, 1.54) is 0 Å². The Balaban J connectivity index is 3.98. The highest BCUT2D eigenvalue weighted by Gasteiger charge is 2.19. The fourth-order valence-corrected chi connectivity index (χ4v) is 1.26. The molecule has 0 saturated heterocycles. The maximum Gasteiger partial charge on any atom is 0.223 e. The summed E-state index contributed by atoms with van der Waals surface area (Å²) in [5.41, 5.74) is 0.117. The predicted molar refractivity (Wildman–Crippen MR) is 60.3 cm³/mol. The van der Waals surface area contributed by atoms with Gasteiger partial charge < -0.3 is 10.2 Å². The first-order chi connectivity index (χ1) is 6.28. The molecule has 0 saturated carbocycles. The van der Waals surface area contributed by atoms with Crippen molar-refractivity contribution in [3.8, 4) is 0 Å². The topological polar surface area (TPSA) is 32.3 Å². The standard InChI is InChI=1S/C11H24N2O/c1-7-11(3,4)12-9(2)8-10(14)13(5)6/h9,12H,7-8H2,1-6H3. The van der Waals surface area contributed by atoms with E-state index in [1.54, 1.807) is 19.0 Å². The molecule has 1 amide bonds. The third-order valence-electron chi connectivity index (χ3n) is 2.50. The lowest BCUT2D eigenvalue weighted by Crippen LogP contribution is -2.45. The van der Waals surface area contributed by atoms with E-state index >= 15 is 0 Å². The quantitative estimate of drug-likeness (QED) is 0.731. The van der Waals surface area contributed by atoms with Crippen LogP contribution in [0, 0.1) is 0 Å². The van der Waals surface area contributed by atoms with E-state index in [0.29, 0.717) is 6.42 Å². The molecule has 1 N–H and O–H groups in total. The molecule has 1 unspecified atom stereocenters. The Morgan fingerprint density at radius 3 is 2.29 bits per heavy atom. The van der Waals surface area contributed by atoms with Crippen LogP contribution in [-0.4, -0.2) is 36.5 Å². The molecule has 3 heteroatoms. The van der Waals surface area contributed by atoms with E-state index in [1.807, 2.05) is 0 Å². The SMILES string of the molecule is CCC(C)(C)NC(C)CC(=O)N(C)C. The smallest absolute Gasteiger partial charge is 0.223 e. The molecule has 0 bridgehead atoms. The molecular formula is C11H24N2O. The van der Waals surface area contributed by atoms with Crippen LogP contribution >= 0.6 is 0 Å². The summed E-state index contributed by atoms with van der Waals surface area (Å²) in [5.74, 6) is 0.178. The molecule has 0 radical (unpaired) electrons. The molecule has 0 rings (SSSR count). The van der Waals surface area contributed by atoms with Crippen LogP contribution in [0.4, 0.5) is 0 Å². The van der Waals surface area contributed by atoms with Gasteiger partial charge in [-0.2, -0.15) is 0 Å². The Morgan fingerprint density at radius 1 is 1.43 bits per heavy atom. The second-order valence-electron chi connectivity index (χ2n) is 4.78. The van der Waals surface area contributed by atoms with Gasteiger partial charge in [-0.15, -0.1) is 0 Å². The summed E-state index contributed by atoms with van der Waals surface area (Å²) < 4.78 is 0. The number of nitrogens with zero attached hydrogens (tertiary/aromatic N) is 1. The maximum absolute atomic E-state index is 11.4. The Kier molecular flexibility index (Phi) is 5.13. The molecule has 0 heterocycles. The van der Waals surface area contributed by atoms with Crippen LogP contribution in [0.5, 0.6) is 0 Å². The second-order valence-corrected chi connectivity index (χ2v) is 4.78. The van der Waals surface area contributed by atoms with Crippen LogP contribution in [0.1, 0.15) is 40.5 Å². The van der Waals surface area contributed by atoms with E-state index in [2.05, 4.69) is 33.0 Å². The zero-order valence-corrected chi connectivity index (χ0v) is 10.3. The Hall–Kier alpha value is -0.570. The van der Waals surface area contributed by atoms with Crippen LogP contribution in [0.25, 0.3) is 0 Å². The first kappa shape index (κ1) is 13.4. The number of carbonyl (C=O) groups excluding carboxylic acids is 1. The lowest BCUT2D eigenvalue weighted by molar-refractivity contribution is -0.129. The summed E-state index contributed by atoms with van der Waals surface area (Å²) in [6.45, 7) is 8.51. The first-order valence-electron chi connectivity index (χ1n) is 5.26. The fourth-order valence-electron chi connectivity index (χ4n) is 1.26. The highest BCUT2D eigenvalue weighted by atomic mass is 16.2. The summed E-state index contributed by atoms with van der Waals surface area (Å²) in [6, 6.07) is 0.236. The molecule has 0 spiro atoms. The molecule has 0 fully saturated rings. The van der Waals surface area contributed by atoms with Crippen molar-refractivity contribution in [3.05, 3.63) is 0 Å². The highest BCUT2D eigenvalue weighted by Crippen LogP contribution is 2.09. The van der Waals surface area contributed by atoms with E-state index in [0.717, 1.165) is 6.42 Å². The highest BCUT2D eigenvalue weighted by molar-refractivity contribution is 5.76. The van der Waals surface area contributed by atoms with Gasteiger partial charge >= 0.3 is 0 Å². The Morgan fingerprint density at radius 2 is 1.93 bits per heavy atom. The average molecular weight is 200 g/mol. The van der Waals surface area contributed by atoms with Crippen molar-refractivity contribution in [2.24, 2.45) is 0 Å². The third-order valence-corrected chi connectivity index (χ3v) is 2.50. The molecule has 0 aromatic carbocycles. The summed E-state index contributed by atoms with van der Waals surface area (Å²) >= 11 is 0. The number of carbonyl (C=O) groups is 1. The van der Waals surface area contributed by atoms with Gasteiger partial charge in [-0.25, -0.2) is 0 Å². The Bertz CT molecular complexity index is 188. The number of rotatable bonds is 5. The zero-order valence-electron chi connectivity index (χ0n) is 10.3. The first-order valence-corrected chi connectivity index (χ1v) is 5.26. The molecule has 1 atom stereocenters. The average Bonchev–Trinajstić information content (AvgIpc) is 2.02. The van der Waals surface area contributed by atoms with Gasteiger partial charge in [-0.1, -0.05) is 6.92 Å². The number of hydrogen-bond donors (Lipinski definition) is 1. The monoisotopic (exact) mass is 200 g/mol. The van der Waals surface area contributed by atoms with Crippen LogP contribution in [-0.2, 0) is 4.79 Å². The summed E-state index contributed by atoms with van der Waals surface area (Å²) in [7, 11) is 3.58. The van der Waals surface area contributed by atoms with Gasteiger partial charge in [-0.3, -0.25) is 4.79 Å². The minimum atomic E-state index is 0.117. The lowest BCUT2D eigenvalue weighted by atomic mass is 10.00. The van der Waals surface area contributed by atoms with Gasteiger partial charge in [0.05, 0.1) is 0 Å². The molecule has 3 nitrogen and oxygen atoms in total. The minimum Gasteiger partial charge on any atom is -0.349 e. The van der Waals surface area contributed by atoms with Crippen molar-refractivity contribution < 1.29 is 4.79 Å². The van der Waals surface area contributed by atoms with Crippen LogP contribution in [0.2, 0.25) is 0 Å². The van der Waals surface area contributed by atoms with Gasteiger partial charge in [0.2, 0.25) is 5.91 Å². The molecule has 0 aliphatic heterocycles. The van der Waals surface area contributed by atoms with E-state index in [9.17, 15) is 4.79 Å². The van der Waals surface area contributed by atoms with E-state index in [4.69, 9.17) is 0 Å². The summed E-state index contributed by atoms with van der Waals surface area (Å²) in [4.78, 5) is 13.0. The third kappa shape index (κ3) is 5.22. The van der Waals surface area contributed by atoms with Crippen molar-refractivity contribution >= 4 is 5.91 Å². The number of amides is 1. The van der Waals surface area contributed by atoms with E-state index < -0.39 is 0 Å². The summed E-state index contributed by atoms with van der Waals surface area (Å²) in [5, 5.41) is 3.44. The minimum absolute atomic E-state index is 0.117. The van der Waals surface area contributed by atoms with Gasteiger partial charge in [0, 0.05) is 32.1 Å². The molecular weight excluding hydrogens is 176 g/mol. The van der Waals surface area contributed by atoms with Gasteiger partial charge in [-0.05, 0) is 27.2 Å². The maximum atomic E-state index is 11.4. The van der Waals surface area contributed by atoms with Crippen LogP contribution in [0.15, 0.2) is 0 Å². The zero-order chi connectivity index (χ0) is 11.4. The van der Waals surface area contributed by atoms with Crippen molar-refractivity contribution in [2.45, 2.75) is 52.1 Å². The second kappa shape index (κ2) is 5.35. The predicted octanol–water partition coefficient (Wildman–Crippen LogP) is 1.63. The molecule has 0 aliphatic rings. The fraction of sp³-hybridized carbons (Fsp3) is 0.909. The normalized spacial score (nSPS) is 13.9. The lowest BCUT2D eigenvalue weighted by Gasteiger charge is -2.29. The van der Waals surface area contributed by atoms with Gasteiger partial charge in [0.1, 0.15) is 0 Å². The molecule has 0 aromatic heterocycles. The van der Waals surface area contributed by atoms with E-state index in [-0.39, 0.29) is 17.5 Å². The largest absolute Gasteiger partial charge is 0.349 e. The van der Waals surface area contributed by atoms with Crippen molar-refractivity contribution in [1.29, 1.82) is 0 Å². The molecule has 0 aliphatic carbocycles. The van der Waals surface area contributed by atoms with Crippen molar-refractivity contribution in [1.82, 2.24) is 10.2 Å². The van der Waals surface area contributed by atoms with Gasteiger partial charge in [0.25, 0.3) is 0 Å². The van der Waals surface area contributed by atoms with Crippen LogP contribution in [0.3, 0.4) is 0 Å². The molecule has 84 valence electrons. The van der Waals surface area contributed by atoms with Crippen molar-refractivity contribution in [3.63, 3.8) is 0 Å². The number of hydrogen-bond acceptors (Lipinski definition) is 2. The van der Waals surface area contributed by atoms with Crippen LogP contribution < -0.4 is 5.32 Å². The Labute approximate surface area is 87.9 Å². The molecule has 14 heavy (non-hydrogen) atoms. The number of nitrogens with one attached hydrogen (secondary N) is 1. The van der Waals surface area contributed by atoms with Crippen molar-refractivity contribution in [2.75, 3.05) is 14.1 Å².